The molecule has 0 radical (unpaired) electrons. The van der Waals surface area contributed by atoms with Crippen molar-refractivity contribution in [3.05, 3.63) is 94.5 Å². The fourth-order valence-corrected chi connectivity index (χ4v) is 2.42. The van der Waals surface area contributed by atoms with Gasteiger partial charge in [0.25, 0.3) is 0 Å². The predicted molar refractivity (Wildman–Crippen MR) is 104 cm³/mol. The van der Waals surface area contributed by atoms with Gasteiger partial charge in [-0.2, -0.15) is 5.10 Å². The van der Waals surface area contributed by atoms with Gasteiger partial charge in [-0.25, -0.2) is 0 Å². The van der Waals surface area contributed by atoms with Crippen molar-refractivity contribution in [3.8, 4) is 5.75 Å². The van der Waals surface area contributed by atoms with Crippen molar-refractivity contribution in [3.63, 3.8) is 0 Å². The number of carbonyl (C=O) groups excluding carboxylic acids is 1. The van der Waals surface area contributed by atoms with Crippen LogP contribution < -0.4 is 15.3 Å². The first-order chi connectivity index (χ1) is 13.1. The monoisotopic (exact) mass is 379 g/mol. The number of ether oxygens (including phenoxy) is 1. The molecule has 3 aromatic rings. The van der Waals surface area contributed by atoms with E-state index in [4.69, 9.17) is 16.3 Å². The van der Waals surface area contributed by atoms with Gasteiger partial charge in [0.15, 0.2) is 0 Å². The molecule has 0 fully saturated rings. The second kappa shape index (κ2) is 8.87. The first-order valence-corrected chi connectivity index (χ1v) is 8.56. The first kappa shape index (κ1) is 18.5. The lowest BCUT2D eigenvalue weighted by molar-refractivity contribution is -0.255. The maximum absolute atomic E-state index is 10.7. The van der Waals surface area contributed by atoms with Gasteiger partial charge < -0.3 is 14.6 Å². The van der Waals surface area contributed by atoms with Crippen molar-refractivity contribution in [2.45, 2.75) is 6.61 Å². The Kier molecular flexibility index (Phi) is 6.07. The number of halogens is 1. The van der Waals surface area contributed by atoms with E-state index in [1.807, 2.05) is 48.5 Å². The summed E-state index contributed by atoms with van der Waals surface area (Å²) in [5, 5.41) is 15.6. The molecule has 3 rings (SSSR count). The third-order valence-electron chi connectivity index (χ3n) is 3.70. The molecule has 0 spiro atoms. The largest absolute Gasteiger partial charge is 0.545 e. The fourth-order valence-electron chi connectivity index (χ4n) is 2.29. The lowest BCUT2D eigenvalue weighted by atomic mass is 10.2. The molecule has 0 saturated carbocycles. The molecule has 3 aromatic carbocycles. The average molecular weight is 380 g/mol. The predicted octanol–water partition coefficient (Wildman–Crippen LogP) is 3.73. The van der Waals surface area contributed by atoms with Crippen molar-refractivity contribution in [2.24, 2.45) is 5.10 Å². The number of rotatable bonds is 7. The summed E-state index contributed by atoms with van der Waals surface area (Å²) in [5.41, 5.74) is 5.53. The summed E-state index contributed by atoms with van der Waals surface area (Å²) in [6, 6.07) is 21.2. The Hall–Kier alpha value is -3.31. The number of hydrogen-bond donors (Lipinski definition) is 1. The summed E-state index contributed by atoms with van der Waals surface area (Å²) in [6.45, 7) is 0.445. The Labute approximate surface area is 161 Å². The van der Waals surface area contributed by atoms with Crippen LogP contribution in [0.2, 0.25) is 5.02 Å². The van der Waals surface area contributed by atoms with Crippen LogP contribution in [0.4, 0.5) is 5.69 Å². The first-order valence-electron chi connectivity index (χ1n) is 8.18. The van der Waals surface area contributed by atoms with Crippen LogP contribution in [0.1, 0.15) is 21.5 Å². The normalized spacial score (nSPS) is 10.7. The van der Waals surface area contributed by atoms with Crippen molar-refractivity contribution in [2.75, 3.05) is 5.43 Å². The van der Waals surface area contributed by atoms with E-state index < -0.39 is 5.97 Å². The zero-order chi connectivity index (χ0) is 19.1. The number of benzene rings is 3. The minimum Gasteiger partial charge on any atom is -0.545 e. The fraction of sp³-hybridized carbons (Fsp3) is 0.0476. The summed E-state index contributed by atoms with van der Waals surface area (Å²) in [6.07, 6.45) is 1.65. The number of hydrazone groups is 1. The van der Waals surface area contributed by atoms with Gasteiger partial charge in [-0.1, -0.05) is 48.0 Å². The van der Waals surface area contributed by atoms with Gasteiger partial charge in [0.1, 0.15) is 12.4 Å². The van der Waals surface area contributed by atoms with E-state index in [1.165, 1.54) is 12.1 Å². The van der Waals surface area contributed by atoms with Gasteiger partial charge in [-0.05, 0) is 53.1 Å². The van der Waals surface area contributed by atoms with E-state index in [0.29, 0.717) is 17.3 Å². The maximum Gasteiger partial charge on any atom is 0.120 e. The van der Waals surface area contributed by atoms with Crippen LogP contribution in [0.3, 0.4) is 0 Å². The number of hydrogen-bond acceptors (Lipinski definition) is 5. The number of nitrogens with one attached hydrogen (secondary N) is 1. The highest BCUT2D eigenvalue weighted by Crippen LogP contribution is 2.16. The number of aromatic carboxylic acids is 1. The van der Waals surface area contributed by atoms with E-state index in [9.17, 15) is 9.90 Å². The molecule has 0 heterocycles. The average Bonchev–Trinajstić information content (AvgIpc) is 2.68. The molecule has 0 aliphatic heterocycles. The smallest absolute Gasteiger partial charge is 0.120 e. The summed E-state index contributed by atoms with van der Waals surface area (Å²) < 4.78 is 5.79. The summed E-state index contributed by atoms with van der Waals surface area (Å²) >= 11 is 5.87. The van der Waals surface area contributed by atoms with Crippen LogP contribution in [0.25, 0.3) is 0 Å². The molecule has 0 saturated heterocycles. The van der Waals surface area contributed by atoms with Crippen LogP contribution in [-0.2, 0) is 6.61 Å². The summed E-state index contributed by atoms with van der Waals surface area (Å²) in [4.78, 5) is 10.7. The molecule has 0 aromatic heterocycles. The quantitative estimate of drug-likeness (QED) is 0.501. The molecular formula is C21H16ClN2O3-. The molecule has 0 atom stereocenters. The van der Waals surface area contributed by atoms with E-state index in [0.717, 1.165) is 16.9 Å². The summed E-state index contributed by atoms with van der Waals surface area (Å²) in [7, 11) is 0. The highest BCUT2D eigenvalue weighted by molar-refractivity contribution is 6.30. The molecule has 0 aliphatic rings. The minimum absolute atomic E-state index is 0.120. The van der Waals surface area contributed by atoms with Crippen molar-refractivity contribution < 1.29 is 14.6 Å². The molecule has 0 amide bonds. The van der Waals surface area contributed by atoms with Gasteiger partial charge in [0.05, 0.1) is 17.9 Å². The molecule has 6 heteroatoms. The van der Waals surface area contributed by atoms with E-state index >= 15 is 0 Å². The van der Waals surface area contributed by atoms with Gasteiger partial charge in [-0.3, -0.25) is 5.43 Å². The maximum atomic E-state index is 10.7. The Morgan fingerprint density at radius 3 is 2.52 bits per heavy atom. The van der Waals surface area contributed by atoms with E-state index in [1.54, 1.807) is 18.3 Å². The third kappa shape index (κ3) is 5.59. The molecular weight excluding hydrogens is 364 g/mol. The van der Waals surface area contributed by atoms with Crippen molar-refractivity contribution in [1.82, 2.24) is 0 Å². The zero-order valence-electron chi connectivity index (χ0n) is 14.3. The number of nitrogens with zero attached hydrogens (tertiary/aromatic N) is 1. The lowest BCUT2D eigenvalue weighted by Crippen LogP contribution is -2.21. The Morgan fingerprint density at radius 2 is 1.81 bits per heavy atom. The third-order valence-corrected chi connectivity index (χ3v) is 3.96. The number of anilines is 1. The number of carboxylic acids is 1. The lowest BCUT2D eigenvalue weighted by Gasteiger charge is -2.07. The van der Waals surface area contributed by atoms with Crippen LogP contribution in [0, 0.1) is 0 Å². The summed E-state index contributed by atoms with van der Waals surface area (Å²) in [5.74, 6) is -0.479. The Bertz CT molecular complexity index is 938. The van der Waals surface area contributed by atoms with Crippen molar-refractivity contribution >= 4 is 29.5 Å². The number of carboxylic acid groups (broad SMARTS) is 1. The van der Waals surface area contributed by atoms with E-state index in [-0.39, 0.29) is 5.56 Å². The van der Waals surface area contributed by atoms with Gasteiger partial charge in [0, 0.05) is 5.02 Å². The molecule has 0 bridgehead atoms. The van der Waals surface area contributed by atoms with Crippen LogP contribution in [-0.4, -0.2) is 12.2 Å². The highest BCUT2D eigenvalue weighted by atomic mass is 35.5. The zero-order valence-corrected chi connectivity index (χ0v) is 15.0. The molecule has 5 nitrogen and oxygen atoms in total. The molecule has 0 aliphatic carbocycles. The van der Waals surface area contributed by atoms with Crippen LogP contribution >= 0.6 is 11.6 Å². The molecule has 136 valence electrons. The van der Waals surface area contributed by atoms with Crippen molar-refractivity contribution in [1.29, 1.82) is 0 Å². The van der Waals surface area contributed by atoms with Crippen LogP contribution in [0.5, 0.6) is 5.75 Å². The number of carbonyl (C=O) groups is 1. The Balaban J connectivity index is 1.57. The Morgan fingerprint density at radius 1 is 1.07 bits per heavy atom. The SMILES string of the molecule is O=C([O-])c1ccc(N/N=C\c2cccc(OCc3ccc(Cl)cc3)c2)cc1. The van der Waals surface area contributed by atoms with Gasteiger partial charge in [-0.15, -0.1) is 0 Å². The topological polar surface area (TPSA) is 73.8 Å². The minimum atomic E-state index is -1.21. The molecule has 27 heavy (non-hydrogen) atoms. The molecule has 0 unspecified atom stereocenters. The van der Waals surface area contributed by atoms with Crippen LogP contribution in [0.15, 0.2) is 77.9 Å². The van der Waals surface area contributed by atoms with Gasteiger partial charge in [0.2, 0.25) is 0 Å². The highest BCUT2D eigenvalue weighted by Gasteiger charge is 1.98. The standard InChI is InChI=1S/C21H17ClN2O3/c22-18-8-4-15(5-9-18)14-27-20-3-1-2-16(12-20)13-23-24-19-10-6-17(7-11-19)21(25)26/h1-13,24H,14H2,(H,25,26)/p-1/b23-13-. The second-order valence-electron chi connectivity index (χ2n) is 5.72. The molecule has 1 N–H and O–H groups in total. The second-order valence-corrected chi connectivity index (χ2v) is 6.16. The van der Waals surface area contributed by atoms with Gasteiger partial charge >= 0.3 is 0 Å². The van der Waals surface area contributed by atoms with E-state index in [2.05, 4.69) is 10.5 Å².